The highest BCUT2D eigenvalue weighted by Gasteiger charge is 2.13. The number of Topliss-reactive ketones (excluding diaryl/α,β-unsaturated/α-hetero) is 1. The third-order valence-corrected chi connectivity index (χ3v) is 4.45. The first kappa shape index (κ1) is 19.5. The van der Waals surface area contributed by atoms with Gasteiger partial charge in [0.2, 0.25) is 5.78 Å². The smallest absolute Gasteiger partial charge is 0.287 e. The third-order valence-electron chi connectivity index (χ3n) is 3.92. The summed E-state index contributed by atoms with van der Waals surface area (Å²) in [5.74, 6) is 0.0635. The molecule has 0 aliphatic heterocycles. The Balaban J connectivity index is 0.00000225. The topological polar surface area (TPSA) is 33.8 Å². The van der Waals surface area contributed by atoms with Gasteiger partial charge in [-0.25, -0.2) is 4.57 Å². The van der Waals surface area contributed by atoms with Gasteiger partial charge < -0.3 is 0 Å². The van der Waals surface area contributed by atoms with Crippen LogP contribution >= 0.6 is 32.9 Å². The first-order valence-corrected chi connectivity index (χ1v) is 8.54. The van der Waals surface area contributed by atoms with E-state index in [9.17, 15) is 4.79 Å². The number of halogens is 2. The fourth-order valence-corrected chi connectivity index (χ4v) is 2.90. The number of aromatic nitrogens is 2. The van der Waals surface area contributed by atoms with E-state index in [1.54, 1.807) is 10.9 Å². The Morgan fingerprint density at radius 3 is 2.40 bits per heavy atom. The van der Waals surface area contributed by atoms with E-state index < -0.39 is 0 Å². The molecule has 1 heterocycles. The molecule has 0 atom stereocenters. The second-order valence-electron chi connectivity index (χ2n) is 5.87. The van der Waals surface area contributed by atoms with E-state index in [4.69, 9.17) is 0 Å². The molecule has 3 nitrogen and oxygen atoms in total. The second-order valence-corrected chi connectivity index (χ2v) is 6.78. The summed E-state index contributed by atoms with van der Waals surface area (Å²) in [7, 11) is 0. The van der Waals surface area contributed by atoms with Gasteiger partial charge in [0.05, 0.1) is 6.20 Å². The summed E-state index contributed by atoms with van der Waals surface area (Å²) < 4.78 is 2.77. The maximum atomic E-state index is 12.3. The van der Waals surface area contributed by atoms with Crippen molar-refractivity contribution in [3.63, 3.8) is 0 Å². The number of rotatable bonds is 4. The first-order chi connectivity index (χ1) is 11.5. The molecular weight excluding hydrogens is 444 g/mol. The third kappa shape index (κ3) is 4.83. The van der Waals surface area contributed by atoms with Crippen molar-refractivity contribution in [3.05, 3.63) is 82.2 Å². The van der Waals surface area contributed by atoms with Crippen molar-refractivity contribution >= 4 is 38.7 Å². The molecule has 0 spiro atoms. The number of aryl methyl sites for hydroxylation is 2. The van der Waals surface area contributed by atoms with E-state index in [-0.39, 0.29) is 29.3 Å². The highest BCUT2D eigenvalue weighted by molar-refractivity contribution is 9.10. The molecule has 0 N–H and O–H groups in total. The van der Waals surface area contributed by atoms with Crippen LogP contribution in [0, 0.1) is 13.8 Å². The van der Waals surface area contributed by atoms with Crippen LogP contribution in [0.4, 0.5) is 0 Å². The van der Waals surface area contributed by atoms with Crippen molar-refractivity contribution < 1.29 is 9.36 Å². The second kappa shape index (κ2) is 8.50. The van der Waals surface area contributed by atoms with Crippen molar-refractivity contribution in [1.29, 1.82) is 0 Å². The van der Waals surface area contributed by atoms with E-state index in [1.807, 2.05) is 36.5 Å². The average Bonchev–Trinajstić information content (AvgIpc) is 2.56. The molecular formula is C20H19Br2N2O+. The van der Waals surface area contributed by atoms with Crippen LogP contribution in [0.15, 0.2) is 65.5 Å². The van der Waals surface area contributed by atoms with Gasteiger partial charge in [0.1, 0.15) is 0 Å². The molecule has 0 unspecified atom stereocenters. The van der Waals surface area contributed by atoms with Crippen LogP contribution in [-0.2, 0) is 6.54 Å². The van der Waals surface area contributed by atoms with Gasteiger partial charge in [-0.2, -0.15) is 0 Å². The molecule has 5 heteroatoms. The molecule has 0 radical (unpaired) electrons. The lowest BCUT2D eigenvalue weighted by Gasteiger charge is -2.04. The molecule has 0 aliphatic carbocycles. The van der Waals surface area contributed by atoms with Gasteiger partial charge in [0.15, 0.2) is 12.2 Å². The highest BCUT2D eigenvalue weighted by atomic mass is 79.9. The predicted molar refractivity (Wildman–Crippen MR) is 108 cm³/mol. The van der Waals surface area contributed by atoms with Gasteiger partial charge >= 0.3 is 0 Å². The Morgan fingerprint density at radius 1 is 1.08 bits per heavy atom. The quantitative estimate of drug-likeness (QED) is 0.409. The van der Waals surface area contributed by atoms with E-state index >= 15 is 0 Å². The molecule has 0 bridgehead atoms. The van der Waals surface area contributed by atoms with E-state index in [0.717, 1.165) is 15.7 Å². The van der Waals surface area contributed by atoms with Crippen molar-refractivity contribution in [2.24, 2.45) is 0 Å². The van der Waals surface area contributed by atoms with Gasteiger partial charge in [-0.05, 0) is 36.5 Å². The molecule has 0 amide bonds. The summed E-state index contributed by atoms with van der Waals surface area (Å²) in [4.78, 5) is 16.8. The molecule has 0 fully saturated rings. The Morgan fingerprint density at radius 2 is 1.80 bits per heavy atom. The lowest BCUT2D eigenvalue weighted by molar-refractivity contribution is -0.686. The van der Waals surface area contributed by atoms with Gasteiger partial charge in [-0.1, -0.05) is 51.8 Å². The summed E-state index contributed by atoms with van der Waals surface area (Å²) in [6.45, 7) is 4.45. The van der Waals surface area contributed by atoms with Crippen LogP contribution in [0.2, 0.25) is 0 Å². The number of benzene rings is 2. The average molecular weight is 463 g/mol. The Kier molecular flexibility index (Phi) is 6.62. The minimum Gasteiger partial charge on any atom is -0.290 e. The summed E-state index contributed by atoms with van der Waals surface area (Å²) in [5, 5.41) is 0. The first-order valence-electron chi connectivity index (χ1n) is 7.74. The summed E-state index contributed by atoms with van der Waals surface area (Å²) in [6.07, 6.45) is 3.61. The number of carbonyl (C=O) groups is 1. The van der Waals surface area contributed by atoms with Crippen LogP contribution < -0.4 is 4.57 Å². The van der Waals surface area contributed by atoms with Crippen LogP contribution in [0.3, 0.4) is 0 Å². The number of nitrogens with zero attached hydrogens (tertiary/aromatic N) is 2. The van der Waals surface area contributed by atoms with Gasteiger partial charge in [0.25, 0.3) is 6.33 Å². The fourth-order valence-electron chi connectivity index (χ4n) is 2.63. The van der Waals surface area contributed by atoms with Gasteiger partial charge in [0, 0.05) is 21.7 Å². The Hall–Kier alpha value is -1.85. The van der Waals surface area contributed by atoms with Gasteiger partial charge in [-0.3, -0.25) is 4.79 Å². The molecule has 3 rings (SSSR count). The summed E-state index contributed by atoms with van der Waals surface area (Å²) in [5.41, 5.74) is 5.17. The molecule has 128 valence electrons. The Bertz CT molecular complexity index is 875. The maximum Gasteiger partial charge on any atom is 0.287 e. The number of hydrogen-bond donors (Lipinski definition) is 0. The lowest BCUT2D eigenvalue weighted by atomic mass is 10.0. The highest BCUT2D eigenvalue weighted by Crippen LogP contribution is 2.21. The SMILES string of the molecule is Br.Cc1ccc(-c2cc[n+](CC(=O)c3ccc(Br)cc3)cn2)c(C)c1. The summed E-state index contributed by atoms with van der Waals surface area (Å²) in [6, 6.07) is 15.7. The molecule has 0 aliphatic rings. The molecule has 1 aromatic heterocycles. The van der Waals surface area contributed by atoms with Crippen molar-refractivity contribution in [2.45, 2.75) is 20.4 Å². The van der Waals surface area contributed by atoms with Crippen LogP contribution in [0.1, 0.15) is 21.5 Å². The van der Waals surface area contributed by atoms with E-state index in [1.165, 1.54) is 11.1 Å². The number of hydrogen-bond acceptors (Lipinski definition) is 2. The molecule has 2 aromatic carbocycles. The standard InChI is InChI=1S/C20H18BrN2O.BrH/c1-14-3-8-18(15(2)11-14)19-9-10-23(13-22-19)12-20(24)16-4-6-17(21)7-5-16;/h3-11,13H,12H2,1-2H3;1H/q+1;. The van der Waals surface area contributed by atoms with Gasteiger partial charge in [-0.15, -0.1) is 17.0 Å². The molecule has 25 heavy (non-hydrogen) atoms. The van der Waals surface area contributed by atoms with Crippen molar-refractivity contribution in [1.82, 2.24) is 4.98 Å². The zero-order valence-electron chi connectivity index (χ0n) is 14.1. The van der Waals surface area contributed by atoms with Crippen LogP contribution in [0.5, 0.6) is 0 Å². The minimum atomic E-state index is 0. The number of ketones is 1. The molecule has 0 saturated carbocycles. The summed E-state index contributed by atoms with van der Waals surface area (Å²) >= 11 is 3.38. The number of carbonyl (C=O) groups excluding carboxylic acids is 1. The van der Waals surface area contributed by atoms with Crippen molar-refractivity contribution in [3.8, 4) is 11.3 Å². The monoisotopic (exact) mass is 461 g/mol. The fraction of sp³-hybridized carbons (Fsp3) is 0.150. The molecule has 3 aromatic rings. The minimum absolute atomic E-state index is 0. The zero-order valence-corrected chi connectivity index (χ0v) is 17.4. The Labute approximate surface area is 166 Å². The lowest BCUT2D eigenvalue weighted by Crippen LogP contribution is -2.37. The molecule has 0 saturated heterocycles. The normalized spacial score (nSPS) is 10.2. The van der Waals surface area contributed by atoms with E-state index in [0.29, 0.717) is 5.56 Å². The predicted octanol–water partition coefficient (Wildman–Crippen LogP) is 4.88. The van der Waals surface area contributed by atoms with Crippen LogP contribution in [0.25, 0.3) is 11.3 Å². The van der Waals surface area contributed by atoms with Crippen molar-refractivity contribution in [2.75, 3.05) is 0 Å². The largest absolute Gasteiger partial charge is 0.290 e. The van der Waals surface area contributed by atoms with Crippen LogP contribution in [-0.4, -0.2) is 10.8 Å². The zero-order chi connectivity index (χ0) is 17.1. The van der Waals surface area contributed by atoms with E-state index in [2.05, 4.69) is 53.0 Å². The maximum absolute atomic E-state index is 12.3.